The number of halogens is 1. The van der Waals surface area contributed by atoms with Crippen LogP contribution in [0.15, 0.2) is 42.2 Å². The summed E-state index contributed by atoms with van der Waals surface area (Å²) >= 11 is 0. The van der Waals surface area contributed by atoms with Crippen molar-refractivity contribution in [3.63, 3.8) is 0 Å². The summed E-state index contributed by atoms with van der Waals surface area (Å²) in [7, 11) is 0. The molecule has 0 bridgehead atoms. The highest BCUT2D eigenvalue weighted by Gasteiger charge is 2.23. The minimum atomic E-state index is -0.870. The lowest BCUT2D eigenvalue weighted by Crippen LogP contribution is -2.15. The fourth-order valence-electron chi connectivity index (χ4n) is 1.40. The third kappa shape index (κ3) is 1.66. The number of hydrogen-bond donors (Lipinski definition) is 0. The molecule has 2 nitrogen and oxygen atoms in total. The molecule has 14 heavy (non-hydrogen) atoms. The fourth-order valence-corrected chi connectivity index (χ4v) is 1.40. The number of esters is 1. The van der Waals surface area contributed by atoms with Crippen LogP contribution in [-0.2, 0) is 9.53 Å². The van der Waals surface area contributed by atoms with Gasteiger partial charge in [0.15, 0.2) is 0 Å². The summed E-state index contributed by atoms with van der Waals surface area (Å²) in [4.78, 5) is 10.9. The second-order valence-electron chi connectivity index (χ2n) is 3.09. The second kappa shape index (κ2) is 3.62. The van der Waals surface area contributed by atoms with E-state index in [4.69, 9.17) is 4.74 Å². The molecule has 1 aromatic carbocycles. The third-order valence-corrected chi connectivity index (χ3v) is 2.13. The van der Waals surface area contributed by atoms with E-state index < -0.39 is 11.8 Å². The molecule has 1 heterocycles. The molecule has 2 rings (SSSR count). The van der Waals surface area contributed by atoms with Crippen molar-refractivity contribution < 1.29 is 13.9 Å². The molecule has 1 aromatic rings. The van der Waals surface area contributed by atoms with Crippen molar-refractivity contribution in [1.29, 1.82) is 0 Å². The van der Waals surface area contributed by atoms with E-state index in [1.54, 1.807) is 0 Å². The van der Waals surface area contributed by atoms with Crippen molar-refractivity contribution in [3.8, 4) is 0 Å². The molecule has 72 valence electrons. The zero-order valence-electron chi connectivity index (χ0n) is 7.44. The van der Waals surface area contributed by atoms with Gasteiger partial charge in [0.2, 0.25) is 5.83 Å². The van der Waals surface area contributed by atoms with Gasteiger partial charge in [-0.3, -0.25) is 0 Å². The molecule has 0 amide bonds. The van der Waals surface area contributed by atoms with Gasteiger partial charge in [-0.2, -0.15) is 4.39 Å². The van der Waals surface area contributed by atoms with Crippen molar-refractivity contribution >= 4 is 5.97 Å². The van der Waals surface area contributed by atoms with Crippen molar-refractivity contribution in [2.75, 3.05) is 0 Å². The van der Waals surface area contributed by atoms with Gasteiger partial charge in [-0.1, -0.05) is 30.3 Å². The summed E-state index contributed by atoms with van der Waals surface area (Å²) < 4.78 is 17.6. The highest BCUT2D eigenvalue weighted by atomic mass is 19.1. The van der Waals surface area contributed by atoms with Crippen molar-refractivity contribution in [2.24, 2.45) is 0 Å². The Labute approximate surface area is 81.0 Å². The van der Waals surface area contributed by atoms with E-state index in [0.717, 1.165) is 5.56 Å². The van der Waals surface area contributed by atoms with E-state index in [1.807, 2.05) is 30.3 Å². The molecular weight excluding hydrogens is 183 g/mol. The number of carbonyl (C=O) groups is 1. The predicted octanol–water partition coefficient (Wildman–Crippen LogP) is 2.53. The van der Waals surface area contributed by atoms with Crippen LogP contribution in [0.3, 0.4) is 0 Å². The monoisotopic (exact) mass is 192 g/mol. The van der Waals surface area contributed by atoms with Gasteiger partial charge in [-0.25, -0.2) is 4.79 Å². The zero-order valence-corrected chi connectivity index (χ0v) is 7.44. The smallest absolute Gasteiger partial charge is 0.367 e. The molecule has 1 unspecified atom stereocenters. The standard InChI is InChI=1S/C11H9FO2/c12-9-6-7-10(14-11(9)13)8-4-2-1-3-5-8/h1-6,10H,7H2. The summed E-state index contributed by atoms with van der Waals surface area (Å²) in [5.41, 5.74) is 0.893. The average molecular weight is 192 g/mol. The van der Waals surface area contributed by atoms with E-state index in [1.165, 1.54) is 6.08 Å². The van der Waals surface area contributed by atoms with Gasteiger partial charge in [0.25, 0.3) is 0 Å². The number of ether oxygens (including phenoxy) is 1. The number of cyclic esters (lactones) is 1. The van der Waals surface area contributed by atoms with E-state index >= 15 is 0 Å². The maximum Gasteiger partial charge on any atom is 0.367 e. The lowest BCUT2D eigenvalue weighted by Gasteiger charge is -2.19. The van der Waals surface area contributed by atoms with E-state index in [9.17, 15) is 9.18 Å². The largest absolute Gasteiger partial charge is 0.452 e. The highest BCUT2D eigenvalue weighted by molar-refractivity contribution is 5.86. The maximum atomic E-state index is 12.7. The first kappa shape index (κ1) is 8.94. The minimum Gasteiger partial charge on any atom is -0.452 e. The molecule has 0 aliphatic carbocycles. The zero-order chi connectivity index (χ0) is 9.97. The summed E-state index contributed by atoms with van der Waals surface area (Å²) in [5, 5.41) is 0. The fraction of sp³-hybridized carbons (Fsp3) is 0.182. The Morgan fingerprint density at radius 3 is 2.64 bits per heavy atom. The quantitative estimate of drug-likeness (QED) is 0.639. The molecule has 0 spiro atoms. The second-order valence-corrected chi connectivity index (χ2v) is 3.09. The molecule has 0 fully saturated rings. The lowest BCUT2D eigenvalue weighted by atomic mass is 10.0. The van der Waals surface area contributed by atoms with Crippen LogP contribution in [0.4, 0.5) is 4.39 Å². The van der Waals surface area contributed by atoms with Crippen LogP contribution in [0, 0.1) is 0 Å². The Hall–Kier alpha value is -1.64. The molecule has 0 saturated heterocycles. The van der Waals surface area contributed by atoms with Crippen LogP contribution in [0.1, 0.15) is 18.1 Å². The number of rotatable bonds is 1. The first-order chi connectivity index (χ1) is 6.77. The SMILES string of the molecule is O=C1OC(c2ccccc2)CC=C1F. The molecule has 0 N–H and O–H groups in total. The Morgan fingerprint density at radius 2 is 2.00 bits per heavy atom. The van der Waals surface area contributed by atoms with Gasteiger partial charge in [-0.05, 0) is 11.6 Å². The van der Waals surface area contributed by atoms with Crippen LogP contribution < -0.4 is 0 Å². The van der Waals surface area contributed by atoms with Crippen LogP contribution in [0.25, 0.3) is 0 Å². The normalized spacial score (nSPS) is 21.4. The average Bonchev–Trinajstić information content (AvgIpc) is 2.23. The topological polar surface area (TPSA) is 26.3 Å². The molecular formula is C11H9FO2. The third-order valence-electron chi connectivity index (χ3n) is 2.13. The van der Waals surface area contributed by atoms with E-state index in [-0.39, 0.29) is 6.10 Å². The van der Waals surface area contributed by atoms with Crippen molar-refractivity contribution in [2.45, 2.75) is 12.5 Å². The Bertz CT molecular complexity index is 370. The Morgan fingerprint density at radius 1 is 1.29 bits per heavy atom. The van der Waals surface area contributed by atoms with Crippen LogP contribution in [0.2, 0.25) is 0 Å². The molecule has 0 aromatic heterocycles. The Kier molecular flexibility index (Phi) is 2.31. The van der Waals surface area contributed by atoms with Gasteiger partial charge in [0.05, 0.1) is 0 Å². The van der Waals surface area contributed by atoms with Gasteiger partial charge in [-0.15, -0.1) is 0 Å². The van der Waals surface area contributed by atoms with Gasteiger partial charge < -0.3 is 4.74 Å². The molecule has 1 aliphatic heterocycles. The van der Waals surface area contributed by atoms with Crippen molar-refractivity contribution in [3.05, 3.63) is 47.8 Å². The number of hydrogen-bond acceptors (Lipinski definition) is 2. The Balaban J connectivity index is 2.20. The van der Waals surface area contributed by atoms with Gasteiger partial charge in [0, 0.05) is 6.42 Å². The van der Waals surface area contributed by atoms with Crippen LogP contribution in [0.5, 0.6) is 0 Å². The highest BCUT2D eigenvalue weighted by Crippen LogP contribution is 2.27. The summed E-state index contributed by atoms with van der Waals surface area (Å²) in [6, 6.07) is 9.31. The molecule has 3 heteroatoms. The van der Waals surface area contributed by atoms with Crippen molar-refractivity contribution in [1.82, 2.24) is 0 Å². The van der Waals surface area contributed by atoms with Crippen LogP contribution in [-0.4, -0.2) is 5.97 Å². The number of carbonyl (C=O) groups excluding carboxylic acids is 1. The summed E-state index contributed by atoms with van der Waals surface area (Å²) in [5.74, 6) is -1.66. The molecule has 1 aliphatic rings. The van der Waals surface area contributed by atoms with Gasteiger partial charge in [0.1, 0.15) is 6.10 Å². The predicted molar refractivity (Wildman–Crippen MR) is 49.1 cm³/mol. The lowest BCUT2D eigenvalue weighted by molar-refractivity contribution is -0.147. The maximum absolute atomic E-state index is 12.7. The van der Waals surface area contributed by atoms with E-state index in [0.29, 0.717) is 6.42 Å². The molecule has 0 saturated carbocycles. The number of benzene rings is 1. The van der Waals surface area contributed by atoms with Crippen LogP contribution >= 0.6 is 0 Å². The minimum absolute atomic E-state index is 0.344. The summed E-state index contributed by atoms with van der Waals surface area (Å²) in [6.07, 6.45) is 1.33. The first-order valence-corrected chi connectivity index (χ1v) is 4.39. The first-order valence-electron chi connectivity index (χ1n) is 4.39. The van der Waals surface area contributed by atoms with E-state index in [2.05, 4.69) is 0 Å². The van der Waals surface area contributed by atoms with Gasteiger partial charge >= 0.3 is 5.97 Å². The molecule has 0 radical (unpaired) electrons. The summed E-state index contributed by atoms with van der Waals surface area (Å²) in [6.45, 7) is 0. The molecule has 1 atom stereocenters.